The van der Waals surface area contributed by atoms with E-state index in [9.17, 15) is 0 Å². The summed E-state index contributed by atoms with van der Waals surface area (Å²) in [7, 11) is 0. The molecule has 1 N–H and O–H groups in total. The van der Waals surface area contributed by atoms with Crippen LogP contribution in [0.15, 0.2) is 60.3 Å². The second kappa shape index (κ2) is 8.13. The van der Waals surface area contributed by atoms with E-state index in [-0.39, 0.29) is 0 Å². The van der Waals surface area contributed by atoms with Crippen molar-refractivity contribution in [3.05, 3.63) is 55.4 Å². The van der Waals surface area contributed by atoms with Crippen molar-refractivity contribution >= 4 is 83.0 Å². The van der Waals surface area contributed by atoms with Gasteiger partial charge in [0.05, 0.1) is 10.0 Å². The molecular weight excluding hydrogens is 481 g/mol. The maximum absolute atomic E-state index is 9.17. The Morgan fingerprint density at radius 2 is 1.33 bits per heavy atom. The topological polar surface area (TPSA) is 32.6 Å². The number of thioether (sulfide) groups is 2. The molecule has 0 aromatic heterocycles. The number of halogens is 4. The van der Waals surface area contributed by atoms with E-state index in [0.717, 1.165) is 18.7 Å². The SMILES string of the molecule is ON=C(Sc1ccc(Cl)c(Br)c1)Sc1ccc(Cl)c(Br)c1. The molecule has 0 heterocycles. The van der Waals surface area contributed by atoms with E-state index in [2.05, 4.69) is 37.0 Å². The first kappa shape index (κ1) is 17.5. The molecule has 0 amide bonds. The minimum absolute atomic E-state index is 0.499. The van der Waals surface area contributed by atoms with E-state index in [1.165, 1.54) is 23.5 Å². The van der Waals surface area contributed by atoms with Crippen LogP contribution in [0, 0.1) is 0 Å². The molecule has 2 aromatic carbocycles. The number of oxime groups is 1. The molecule has 0 fully saturated rings. The summed E-state index contributed by atoms with van der Waals surface area (Å²) in [6.45, 7) is 0. The molecule has 0 atom stereocenters. The van der Waals surface area contributed by atoms with Gasteiger partial charge in [0.15, 0.2) is 4.38 Å². The number of hydrogen-bond donors (Lipinski definition) is 1. The van der Waals surface area contributed by atoms with Crippen LogP contribution in [0.5, 0.6) is 0 Å². The van der Waals surface area contributed by atoms with Gasteiger partial charge in [0.2, 0.25) is 0 Å². The van der Waals surface area contributed by atoms with E-state index >= 15 is 0 Å². The van der Waals surface area contributed by atoms with Gasteiger partial charge in [-0.05, 0) is 68.3 Å². The van der Waals surface area contributed by atoms with Crippen molar-refractivity contribution in [2.45, 2.75) is 9.79 Å². The highest BCUT2D eigenvalue weighted by atomic mass is 79.9. The molecule has 21 heavy (non-hydrogen) atoms. The zero-order valence-electron chi connectivity index (χ0n) is 10.2. The Labute approximate surface area is 157 Å². The van der Waals surface area contributed by atoms with Gasteiger partial charge in [0, 0.05) is 18.7 Å². The van der Waals surface area contributed by atoms with Gasteiger partial charge >= 0.3 is 0 Å². The molecule has 110 valence electrons. The van der Waals surface area contributed by atoms with Gasteiger partial charge in [0.1, 0.15) is 0 Å². The first-order chi connectivity index (χ1) is 9.99. The molecule has 0 aliphatic rings. The quantitative estimate of drug-likeness (QED) is 0.160. The second-order valence-electron chi connectivity index (χ2n) is 3.72. The fourth-order valence-electron chi connectivity index (χ4n) is 1.34. The average molecular weight is 488 g/mol. The van der Waals surface area contributed by atoms with Crippen LogP contribution in [0.3, 0.4) is 0 Å². The standard InChI is InChI=1S/C13H7Br2Cl2NOS2/c14-9-5-7(1-3-11(9)16)20-13(18-19)21-8-2-4-12(17)10(15)6-8/h1-6,19H. The largest absolute Gasteiger partial charge is 0.409 e. The van der Waals surface area contributed by atoms with Gasteiger partial charge < -0.3 is 5.21 Å². The van der Waals surface area contributed by atoms with E-state index < -0.39 is 0 Å². The molecule has 0 spiro atoms. The van der Waals surface area contributed by atoms with Crippen molar-refractivity contribution in [2.75, 3.05) is 0 Å². The minimum atomic E-state index is 0.499. The molecule has 2 rings (SSSR count). The summed E-state index contributed by atoms with van der Waals surface area (Å²) in [5.74, 6) is 0. The maximum atomic E-state index is 9.17. The van der Waals surface area contributed by atoms with Crippen LogP contribution in [-0.2, 0) is 0 Å². The van der Waals surface area contributed by atoms with Gasteiger partial charge in [-0.1, -0.05) is 51.9 Å². The van der Waals surface area contributed by atoms with E-state index in [0.29, 0.717) is 14.4 Å². The second-order valence-corrected chi connectivity index (χ2v) is 8.63. The molecule has 0 saturated heterocycles. The van der Waals surface area contributed by atoms with Gasteiger partial charge in [-0.2, -0.15) is 0 Å². The number of benzene rings is 2. The lowest BCUT2D eigenvalue weighted by Gasteiger charge is -2.06. The van der Waals surface area contributed by atoms with Crippen LogP contribution < -0.4 is 0 Å². The van der Waals surface area contributed by atoms with Gasteiger partial charge in [0.25, 0.3) is 0 Å². The van der Waals surface area contributed by atoms with Crippen molar-refractivity contribution < 1.29 is 5.21 Å². The normalized spacial score (nSPS) is 10.5. The Morgan fingerprint density at radius 1 is 0.905 bits per heavy atom. The third-order valence-electron chi connectivity index (χ3n) is 2.27. The number of rotatable bonds is 2. The third kappa shape index (κ3) is 5.08. The zero-order valence-corrected chi connectivity index (χ0v) is 16.5. The van der Waals surface area contributed by atoms with Crippen molar-refractivity contribution in [3.63, 3.8) is 0 Å². The minimum Gasteiger partial charge on any atom is -0.409 e. The monoisotopic (exact) mass is 485 g/mol. The van der Waals surface area contributed by atoms with Gasteiger partial charge in [-0.25, -0.2) is 0 Å². The summed E-state index contributed by atoms with van der Waals surface area (Å²) < 4.78 is 2.09. The molecule has 0 aliphatic carbocycles. The van der Waals surface area contributed by atoms with Crippen LogP contribution in [-0.4, -0.2) is 9.58 Å². The van der Waals surface area contributed by atoms with E-state index in [4.69, 9.17) is 28.4 Å². The van der Waals surface area contributed by atoms with E-state index in [1.807, 2.05) is 24.3 Å². The van der Waals surface area contributed by atoms with Crippen LogP contribution in [0.25, 0.3) is 0 Å². The Morgan fingerprint density at radius 3 is 1.67 bits per heavy atom. The van der Waals surface area contributed by atoms with Crippen LogP contribution in [0.1, 0.15) is 0 Å². The molecule has 2 aromatic rings. The highest BCUT2D eigenvalue weighted by molar-refractivity contribution is 9.10. The first-order valence-electron chi connectivity index (χ1n) is 5.47. The van der Waals surface area contributed by atoms with Crippen molar-refractivity contribution in [1.82, 2.24) is 0 Å². The summed E-state index contributed by atoms with van der Waals surface area (Å²) in [6.07, 6.45) is 0. The summed E-state index contributed by atoms with van der Waals surface area (Å²) >= 11 is 21.3. The lowest BCUT2D eigenvalue weighted by Crippen LogP contribution is -1.87. The smallest absolute Gasteiger partial charge is 0.178 e. The van der Waals surface area contributed by atoms with Crippen LogP contribution in [0.4, 0.5) is 0 Å². The fourth-order valence-corrected chi connectivity index (χ4v) is 4.49. The van der Waals surface area contributed by atoms with Crippen molar-refractivity contribution in [2.24, 2.45) is 5.16 Å². The molecule has 0 bridgehead atoms. The van der Waals surface area contributed by atoms with Crippen LogP contribution in [0.2, 0.25) is 10.0 Å². The molecule has 2 nitrogen and oxygen atoms in total. The lowest BCUT2D eigenvalue weighted by molar-refractivity contribution is 0.322. The van der Waals surface area contributed by atoms with Crippen molar-refractivity contribution in [1.29, 1.82) is 0 Å². The van der Waals surface area contributed by atoms with E-state index in [1.54, 1.807) is 12.1 Å². The molecular formula is C13H7Br2Cl2NOS2. The predicted molar refractivity (Wildman–Crippen MR) is 99.2 cm³/mol. The number of nitrogens with zero attached hydrogens (tertiary/aromatic N) is 1. The summed E-state index contributed by atoms with van der Waals surface area (Å²) in [5.41, 5.74) is 0. The molecule has 8 heteroatoms. The highest BCUT2D eigenvalue weighted by Gasteiger charge is 2.09. The maximum Gasteiger partial charge on any atom is 0.178 e. The van der Waals surface area contributed by atoms with Gasteiger partial charge in [-0.3, -0.25) is 0 Å². The first-order valence-corrected chi connectivity index (χ1v) is 9.45. The molecule has 0 aliphatic heterocycles. The molecule has 0 unspecified atom stereocenters. The average Bonchev–Trinajstić information content (AvgIpc) is 2.46. The van der Waals surface area contributed by atoms with Gasteiger partial charge in [-0.15, -0.1) is 0 Å². The Bertz CT molecular complexity index is 642. The number of hydrogen-bond acceptors (Lipinski definition) is 4. The molecule has 0 saturated carbocycles. The Kier molecular flexibility index (Phi) is 6.78. The highest BCUT2D eigenvalue weighted by Crippen LogP contribution is 2.35. The summed E-state index contributed by atoms with van der Waals surface area (Å²) in [4.78, 5) is 1.83. The zero-order chi connectivity index (χ0) is 15.4. The fraction of sp³-hybridized carbons (Fsp3) is 0. The summed E-state index contributed by atoms with van der Waals surface area (Å²) in [6, 6.07) is 11.0. The Balaban J connectivity index is 2.13. The third-order valence-corrected chi connectivity index (χ3v) is 6.69. The molecule has 0 radical (unpaired) electrons. The van der Waals surface area contributed by atoms with Crippen LogP contribution >= 0.6 is 78.6 Å². The summed E-state index contributed by atoms with van der Waals surface area (Å²) in [5, 5.41) is 13.8. The van der Waals surface area contributed by atoms with Crippen molar-refractivity contribution in [3.8, 4) is 0 Å². The Hall–Kier alpha value is 0.150. The lowest BCUT2D eigenvalue weighted by atomic mass is 10.4. The predicted octanol–water partition coefficient (Wildman–Crippen LogP) is 7.15.